The van der Waals surface area contributed by atoms with Crippen molar-refractivity contribution in [2.75, 3.05) is 0 Å². The third kappa shape index (κ3) is 4.06. The summed E-state index contributed by atoms with van der Waals surface area (Å²) in [6, 6.07) is 3.48. The van der Waals surface area contributed by atoms with Gasteiger partial charge in [0.15, 0.2) is 0 Å². The Labute approximate surface area is 173 Å². The van der Waals surface area contributed by atoms with Crippen LogP contribution >= 0.6 is 15.9 Å². The molecule has 1 fully saturated rings. The van der Waals surface area contributed by atoms with Gasteiger partial charge in [0.05, 0.1) is 16.5 Å². The van der Waals surface area contributed by atoms with Crippen LogP contribution < -0.4 is 4.72 Å². The van der Waals surface area contributed by atoms with E-state index < -0.39 is 34.4 Å². The fourth-order valence-corrected chi connectivity index (χ4v) is 4.43. The van der Waals surface area contributed by atoms with E-state index in [2.05, 4.69) is 26.7 Å². The number of alkyl halides is 2. The molecule has 1 N–H and O–H groups in total. The molecular weight excluding hydrogens is 455 g/mol. The van der Waals surface area contributed by atoms with Gasteiger partial charge in [-0.25, -0.2) is 13.2 Å². The van der Waals surface area contributed by atoms with Gasteiger partial charge in [-0.15, -0.1) is 4.72 Å². The summed E-state index contributed by atoms with van der Waals surface area (Å²) in [7, 11) is 0. The van der Waals surface area contributed by atoms with E-state index in [-0.39, 0.29) is 22.0 Å². The van der Waals surface area contributed by atoms with Gasteiger partial charge < -0.3 is 9.12 Å². The van der Waals surface area contributed by atoms with Crippen LogP contribution in [0, 0.1) is 23.1 Å². The molecule has 3 rings (SSSR count). The lowest BCUT2D eigenvalue weighted by Gasteiger charge is -2.32. The molecule has 0 bridgehead atoms. The van der Waals surface area contributed by atoms with Gasteiger partial charge in [-0.3, -0.25) is 0 Å². The van der Waals surface area contributed by atoms with E-state index >= 15 is 0 Å². The Bertz CT molecular complexity index is 916. The Morgan fingerprint density at radius 2 is 2.00 bits per heavy atom. The Morgan fingerprint density at radius 1 is 1.36 bits per heavy atom. The fourth-order valence-electron chi connectivity index (χ4n) is 3.28. The molecule has 0 spiro atoms. The van der Waals surface area contributed by atoms with Crippen molar-refractivity contribution in [3.05, 3.63) is 34.2 Å². The third-order valence-electron chi connectivity index (χ3n) is 4.97. The molecule has 1 aliphatic carbocycles. The van der Waals surface area contributed by atoms with Crippen LogP contribution in [0.15, 0.2) is 22.8 Å². The van der Waals surface area contributed by atoms with Crippen LogP contribution in [0.5, 0.6) is 0 Å². The van der Waals surface area contributed by atoms with E-state index in [1.807, 2.05) is 4.57 Å². The van der Waals surface area contributed by atoms with Gasteiger partial charge in [0.1, 0.15) is 16.6 Å². The summed E-state index contributed by atoms with van der Waals surface area (Å²) < 4.78 is 58.3. The predicted molar refractivity (Wildman–Crippen MR) is 107 cm³/mol. The molecule has 0 radical (unpaired) electrons. The van der Waals surface area contributed by atoms with Crippen molar-refractivity contribution in [1.29, 1.82) is 5.26 Å². The molecule has 2 aromatic rings. The van der Waals surface area contributed by atoms with E-state index in [0.717, 1.165) is 0 Å². The van der Waals surface area contributed by atoms with Gasteiger partial charge in [0.2, 0.25) is 0 Å². The van der Waals surface area contributed by atoms with Gasteiger partial charge >= 0.3 is 0 Å². The standard InChI is InChI=1S/C19H21BrF3N3OS/c1-19(2,3)28(27)25-17(18(22)23)13-9-26(11-4-10(5-11)8-24)16-7-14(20)15(21)6-12(13)16/h6-7,9-11,17-18,25H,4-5H2,1-3H3/t10?,11?,17-,28?/m0/s1. The highest BCUT2D eigenvalue weighted by Crippen LogP contribution is 2.42. The first kappa shape index (κ1) is 21.5. The molecule has 1 saturated carbocycles. The lowest BCUT2D eigenvalue weighted by Crippen LogP contribution is -2.43. The summed E-state index contributed by atoms with van der Waals surface area (Å²) in [6.45, 7) is 5.07. The fraction of sp³-hybridized carbons (Fsp3) is 0.526. The number of nitrogens with zero attached hydrogens (tertiary/aromatic N) is 2. The largest absolute Gasteiger partial charge is 0.598 e. The second kappa shape index (κ2) is 7.90. The maximum Gasteiger partial charge on any atom is 0.262 e. The van der Waals surface area contributed by atoms with Crippen molar-refractivity contribution in [2.45, 2.75) is 56.9 Å². The molecule has 0 amide bonds. The van der Waals surface area contributed by atoms with Crippen molar-refractivity contribution in [3.63, 3.8) is 0 Å². The molecule has 1 aliphatic rings. The Hall–Kier alpha value is -1.21. The second-order valence-corrected chi connectivity index (χ2v) is 10.9. The quantitative estimate of drug-likeness (QED) is 0.590. The van der Waals surface area contributed by atoms with Crippen molar-refractivity contribution in [2.24, 2.45) is 5.92 Å². The lowest BCUT2D eigenvalue weighted by atomic mass is 9.81. The molecule has 28 heavy (non-hydrogen) atoms. The van der Waals surface area contributed by atoms with E-state index in [0.29, 0.717) is 23.7 Å². The van der Waals surface area contributed by atoms with Gasteiger partial charge in [-0.2, -0.15) is 5.26 Å². The zero-order valence-corrected chi connectivity index (χ0v) is 18.1. The Morgan fingerprint density at radius 3 is 2.54 bits per heavy atom. The number of nitriles is 1. The van der Waals surface area contributed by atoms with Crippen LogP contribution in [0.2, 0.25) is 0 Å². The summed E-state index contributed by atoms with van der Waals surface area (Å²) in [5.41, 5.74) is 0.813. The maximum absolute atomic E-state index is 14.2. The number of halogens is 4. The van der Waals surface area contributed by atoms with Gasteiger partial charge in [-0.05, 0) is 61.7 Å². The van der Waals surface area contributed by atoms with Crippen molar-refractivity contribution in [3.8, 4) is 6.07 Å². The molecule has 2 atom stereocenters. The Balaban J connectivity index is 2.08. The van der Waals surface area contributed by atoms with Gasteiger partial charge in [0.25, 0.3) is 6.43 Å². The highest BCUT2D eigenvalue weighted by molar-refractivity contribution is 9.10. The maximum atomic E-state index is 14.2. The number of benzene rings is 1. The Kier molecular flexibility index (Phi) is 6.07. The minimum Gasteiger partial charge on any atom is -0.598 e. The number of hydrogen-bond donors (Lipinski definition) is 1. The molecule has 1 aromatic heterocycles. The van der Waals surface area contributed by atoms with Gasteiger partial charge in [-0.1, -0.05) is 0 Å². The highest BCUT2D eigenvalue weighted by Gasteiger charge is 2.37. The van der Waals surface area contributed by atoms with E-state index in [1.54, 1.807) is 33.0 Å². The van der Waals surface area contributed by atoms with Crippen LogP contribution in [0.4, 0.5) is 13.2 Å². The first-order valence-corrected chi connectivity index (χ1v) is 10.8. The third-order valence-corrected chi connectivity index (χ3v) is 7.16. The molecule has 1 unspecified atom stereocenters. The number of aromatic nitrogens is 1. The number of nitrogens with one attached hydrogen (secondary N) is 1. The molecule has 152 valence electrons. The zero-order valence-electron chi connectivity index (χ0n) is 15.7. The number of hydrogen-bond acceptors (Lipinski definition) is 3. The highest BCUT2D eigenvalue weighted by atomic mass is 79.9. The van der Waals surface area contributed by atoms with Crippen molar-refractivity contribution >= 4 is 38.2 Å². The summed E-state index contributed by atoms with van der Waals surface area (Å²) >= 11 is 1.43. The molecule has 4 nitrogen and oxygen atoms in total. The topological polar surface area (TPSA) is 63.8 Å². The van der Waals surface area contributed by atoms with Crippen LogP contribution in [0.3, 0.4) is 0 Å². The first-order chi connectivity index (χ1) is 13.0. The van der Waals surface area contributed by atoms with Crippen LogP contribution in [-0.2, 0) is 11.4 Å². The zero-order chi connectivity index (χ0) is 20.8. The minimum absolute atomic E-state index is 0.00954. The van der Waals surface area contributed by atoms with Crippen molar-refractivity contribution < 1.29 is 17.7 Å². The first-order valence-electron chi connectivity index (χ1n) is 8.88. The van der Waals surface area contributed by atoms with Crippen LogP contribution in [-0.4, -0.2) is 20.3 Å². The second-order valence-electron chi connectivity index (χ2n) is 8.04. The minimum atomic E-state index is -2.83. The molecule has 9 heteroatoms. The summed E-state index contributed by atoms with van der Waals surface area (Å²) in [5, 5.41) is 9.38. The number of fused-ring (bicyclic) bond motifs is 1. The molecule has 0 saturated heterocycles. The molecular formula is C19H21BrF3N3OS. The SMILES string of the molecule is CC(C)(C)[S+]([O-])N[C@@H](c1cn(C2CC(C#N)C2)c2cc(Br)c(F)cc12)C(F)F. The monoisotopic (exact) mass is 475 g/mol. The average Bonchev–Trinajstić information content (AvgIpc) is 2.89. The number of rotatable bonds is 5. The molecule has 0 aliphatic heterocycles. The normalized spacial score (nSPS) is 22.1. The van der Waals surface area contributed by atoms with E-state index in [9.17, 15) is 17.7 Å². The summed E-state index contributed by atoms with van der Waals surface area (Å²) in [6.07, 6.45) is -0.00569. The summed E-state index contributed by atoms with van der Waals surface area (Å²) in [4.78, 5) is 0. The smallest absolute Gasteiger partial charge is 0.262 e. The van der Waals surface area contributed by atoms with Crippen LogP contribution in [0.1, 0.15) is 51.3 Å². The average molecular weight is 476 g/mol. The molecule has 1 heterocycles. The van der Waals surface area contributed by atoms with Crippen LogP contribution in [0.25, 0.3) is 10.9 Å². The van der Waals surface area contributed by atoms with Gasteiger partial charge in [0, 0.05) is 40.1 Å². The molecule has 1 aromatic carbocycles. The summed E-state index contributed by atoms with van der Waals surface area (Å²) in [5.74, 6) is -0.618. The van der Waals surface area contributed by atoms with E-state index in [1.165, 1.54) is 6.07 Å². The lowest BCUT2D eigenvalue weighted by molar-refractivity contribution is 0.109. The van der Waals surface area contributed by atoms with Crippen molar-refractivity contribution in [1.82, 2.24) is 9.29 Å². The predicted octanol–water partition coefficient (Wildman–Crippen LogP) is 5.38. The van der Waals surface area contributed by atoms with E-state index in [4.69, 9.17) is 5.26 Å².